The zero-order chi connectivity index (χ0) is 14.1. The first kappa shape index (κ1) is 12.4. The molecule has 3 heterocycles. The van der Waals surface area contributed by atoms with E-state index in [1.165, 1.54) is 0 Å². The minimum atomic E-state index is -0.554. The summed E-state index contributed by atoms with van der Waals surface area (Å²) in [5.41, 5.74) is 7.54. The number of H-pyrrole nitrogens is 1. The van der Waals surface area contributed by atoms with Gasteiger partial charge in [-0.2, -0.15) is 4.39 Å². The van der Waals surface area contributed by atoms with E-state index in [9.17, 15) is 4.39 Å². The number of aromatic amines is 1. The zero-order valence-corrected chi connectivity index (χ0v) is 10.9. The highest BCUT2D eigenvalue weighted by atomic mass is 19.1. The van der Waals surface area contributed by atoms with E-state index in [0.717, 1.165) is 10.9 Å². The number of nitrogen functional groups attached to an aromatic ring is 1. The predicted octanol–water partition coefficient (Wildman–Crippen LogP) is 2.28. The summed E-state index contributed by atoms with van der Waals surface area (Å²) >= 11 is 0. The van der Waals surface area contributed by atoms with E-state index in [1.807, 2.05) is 0 Å². The Balaban J connectivity index is 2.06. The number of aromatic nitrogens is 3. The van der Waals surface area contributed by atoms with Gasteiger partial charge in [0, 0.05) is 24.4 Å². The summed E-state index contributed by atoms with van der Waals surface area (Å²) in [7, 11) is 1.59. The van der Waals surface area contributed by atoms with Gasteiger partial charge in [-0.15, -0.1) is 0 Å². The van der Waals surface area contributed by atoms with Gasteiger partial charge in [0.1, 0.15) is 17.2 Å². The van der Waals surface area contributed by atoms with E-state index in [-0.39, 0.29) is 5.82 Å². The first-order chi connectivity index (χ1) is 9.69. The Hall–Kier alpha value is -2.63. The average Bonchev–Trinajstić information content (AvgIpc) is 2.85. The molecule has 0 aliphatic heterocycles. The summed E-state index contributed by atoms with van der Waals surface area (Å²) in [6.07, 6.45) is 3.85. The molecule has 0 unspecified atom stereocenters. The number of nitrogens with zero attached hydrogens (tertiary/aromatic N) is 2. The molecule has 3 N–H and O–H groups in total. The third-order valence-electron chi connectivity index (χ3n) is 3.17. The van der Waals surface area contributed by atoms with Crippen LogP contribution in [0.5, 0.6) is 5.75 Å². The first-order valence-corrected chi connectivity index (χ1v) is 6.09. The third kappa shape index (κ3) is 2.05. The Morgan fingerprint density at radius 2 is 2.15 bits per heavy atom. The molecular weight excluding hydrogens is 259 g/mol. The molecule has 20 heavy (non-hydrogen) atoms. The molecule has 5 nitrogen and oxygen atoms in total. The summed E-state index contributed by atoms with van der Waals surface area (Å²) in [6, 6.07) is 5.00. The molecule has 0 amide bonds. The fraction of sp³-hybridized carbons (Fsp3) is 0.143. The van der Waals surface area contributed by atoms with Gasteiger partial charge in [0.15, 0.2) is 0 Å². The number of rotatable bonds is 3. The molecule has 0 saturated carbocycles. The lowest BCUT2D eigenvalue weighted by Gasteiger charge is -2.05. The van der Waals surface area contributed by atoms with E-state index in [4.69, 9.17) is 10.5 Å². The molecule has 3 aromatic heterocycles. The first-order valence-electron chi connectivity index (χ1n) is 6.09. The fourth-order valence-corrected chi connectivity index (χ4v) is 2.22. The lowest BCUT2D eigenvalue weighted by molar-refractivity contribution is 0.419. The molecule has 0 aliphatic carbocycles. The number of hydrogen-bond donors (Lipinski definition) is 2. The summed E-state index contributed by atoms with van der Waals surface area (Å²) < 4.78 is 19.1. The maximum atomic E-state index is 13.8. The molecule has 102 valence electrons. The Labute approximate surface area is 114 Å². The average molecular weight is 272 g/mol. The van der Waals surface area contributed by atoms with Crippen molar-refractivity contribution >= 4 is 16.9 Å². The van der Waals surface area contributed by atoms with Crippen molar-refractivity contribution in [2.45, 2.75) is 6.42 Å². The van der Waals surface area contributed by atoms with Crippen molar-refractivity contribution in [3.8, 4) is 5.75 Å². The van der Waals surface area contributed by atoms with Crippen LogP contribution in [0.4, 0.5) is 10.2 Å². The minimum absolute atomic E-state index is 0.171. The van der Waals surface area contributed by atoms with Crippen LogP contribution < -0.4 is 10.5 Å². The lowest BCUT2D eigenvalue weighted by Crippen LogP contribution is -1.99. The minimum Gasteiger partial charge on any atom is -0.496 e. The van der Waals surface area contributed by atoms with Crippen molar-refractivity contribution in [2.24, 2.45) is 0 Å². The van der Waals surface area contributed by atoms with Gasteiger partial charge in [0.25, 0.3) is 0 Å². The highest BCUT2D eigenvalue weighted by molar-refractivity contribution is 5.86. The van der Waals surface area contributed by atoms with Crippen molar-refractivity contribution < 1.29 is 9.13 Å². The number of ether oxygens (including phenoxy) is 1. The van der Waals surface area contributed by atoms with Crippen LogP contribution in [0, 0.1) is 5.95 Å². The van der Waals surface area contributed by atoms with Crippen molar-refractivity contribution in [3.05, 3.63) is 47.7 Å². The smallest absolute Gasteiger partial charge is 0.218 e. The molecule has 0 aliphatic rings. The highest BCUT2D eigenvalue weighted by Crippen LogP contribution is 2.28. The molecule has 0 spiro atoms. The van der Waals surface area contributed by atoms with Gasteiger partial charge in [-0.3, -0.25) is 0 Å². The van der Waals surface area contributed by atoms with Crippen LogP contribution in [0.25, 0.3) is 11.0 Å². The summed E-state index contributed by atoms with van der Waals surface area (Å²) in [5.74, 6) is 0.321. The maximum absolute atomic E-state index is 13.8. The van der Waals surface area contributed by atoms with Gasteiger partial charge in [0.05, 0.1) is 12.5 Å². The Morgan fingerprint density at radius 3 is 2.90 bits per heavy atom. The Bertz CT molecular complexity index is 769. The summed E-state index contributed by atoms with van der Waals surface area (Å²) in [6.45, 7) is 0. The zero-order valence-electron chi connectivity index (χ0n) is 10.9. The van der Waals surface area contributed by atoms with Crippen LogP contribution in [-0.4, -0.2) is 22.1 Å². The number of fused-ring (bicyclic) bond motifs is 1. The van der Waals surface area contributed by atoms with Gasteiger partial charge in [-0.05, 0) is 17.7 Å². The second-order valence-electron chi connectivity index (χ2n) is 4.41. The topological polar surface area (TPSA) is 76.8 Å². The number of anilines is 1. The van der Waals surface area contributed by atoms with Gasteiger partial charge >= 0.3 is 0 Å². The highest BCUT2D eigenvalue weighted by Gasteiger charge is 2.13. The van der Waals surface area contributed by atoms with Crippen molar-refractivity contribution in [2.75, 3.05) is 12.8 Å². The SMILES string of the molecule is COc1ccnc2[nH]cc(Cc3ccc(N)nc3F)c12. The molecule has 0 fully saturated rings. The predicted molar refractivity (Wildman–Crippen MR) is 74.1 cm³/mol. The molecule has 0 bridgehead atoms. The number of nitrogens with two attached hydrogens (primary N) is 1. The number of nitrogens with one attached hydrogen (secondary N) is 1. The van der Waals surface area contributed by atoms with Gasteiger partial charge in [-0.25, -0.2) is 9.97 Å². The quantitative estimate of drug-likeness (QED) is 0.717. The van der Waals surface area contributed by atoms with Crippen LogP contribution in [0.3, 0.4) is 0 Å². The van der Waals surface area contributed by atoms with Crippen LogP contribution in [-0.2, 0) is 6.42 Å². The van der Waals surface area contributed by atoms with Crippen LogP contribution >= 0.6 is 0 Å². The molecule has 3 rings (SSSR count). The number of hydrogen-bond acceptors (Lipinski definition) is 4. The third-order valence-corrected chi connectivity index (χ3v) is 3.17. The van der Waals surface area contributed by atoms with Crippen LogP contribution in [0.1, 0.15) is 11.1 Å². The molecule has 3 aromatic rings. The molecule has 0 saturated heterocycles. The van der Waals surface area contributed by atoms with E-state index in [2.05, 4.69) is 15.0 Å². The normalized spacial score (nSPS) is 10.9. The number of halogens is 1. The monoisotopic (exact) mass is 272 g/mol. The van der Waals surface area contributed by atoms with Gasteiger partial charge in [-0.1, -0.05) is 6.07 Å². The molecule has 0 aromatic carbocycles. The fourth-order valence-electron chi connectivity index (χ4n) is 2.22. The summed E-state index contributed by atoms with van der Waals surface area (Å²) in [5, 5.41) is 0.853. The largest absolute Gasteiger partial charge is 0.496 e. The number of methoxy groups -OCH3 is 1. The van der Waals surface area contributed by atoms with Crippen molar-refractivity contribution in [1.29, 1.82) is 0 Å². The Morgan fingerprint density at radius 1 is 1.30 bits per heavy atom. The second kappa shape index (κ2) is 4.80. The molecule has 6 heteroatoms. The van der Waals surface area contributed by atoms with Crippen LogP contribution in [0.15, 0.2) is 30.6 Å². The van der Waals surface area contributed by atoms with E-state index >= 15 is 0 Å². The summed E-state index contributed by atoms with van der Waals surface area (Å²) in [4.78, 5) is 10.9. The lowest BCUT2D eigenvalue weighted by atomic mass is 10.1. The molecular formula is C14H13FN4O. The Kier molecular flexibility index (Phi) is 2.98. The maximum Gasteiger partial charge on any atom is 0.218 e. The van der Waals surface area contributed by atoms with Gasteiger partial charge in [0.2, 0.25) is 5.95 Å². The van der Waals surface area contributed by atoms with E-state index in [0.29, 0.717) is 23.4 Å². The second-order valence-corrected chi connectivity index (χ2v) is 4.41. The van der Waals surface area contributed by atoms with Gasteiger partial charge < -0.3 is 15.5 Å². The van der Waals surface area contributed by atoms with Crippen LogP contribution in [0.2, 0.25) is 0 Å². The van der Waals surface area contributed by atoms with Crippen molar-refractivity contribution in [3.63, 3.8) is 0 Å². The van der Waals surface area contributed by atoms with E-state index < -0.39 is 5.95 Å². The standard InChI is InChI=1S/C14H13FN4O/c1-20-10-4-5-17-14-12(10)9(7-18-14)6-8-2-3-11(16)19-13(8)15/h2-5,7H,6H2,1H3,(H2,16,19)(H,17,18). The molecule has 0 radical (unpaired) electrons. The van der Waals surface area contributed by atoms with Crippen molar-refractivity contribution in [1.82, 2.24) is 15.0 Å². The molecule has 0 atom stereocenters. The number of pyridine rings is 2. The van der Waals surface area contributed by atoms with E-state index in [1.54, 1.807) is 37.7 Å².